The van der Waals surface area contributed by atoms with Gasteiger partial charge < -0.3 is 10.2 Å². The van der Waals surface area contributed by atoms with Crippen LogP contribution in [0.3, 0.4) is 0 Å². The van der Waals surface area contributed by atoms with Gasteiger partial charge in [0.25, 0.3) is 0 Å². The summed E-state index contributed by atoms with van der Waals surface area (Å²) in [5.41, 5.74) is 2.69. The number of hydrogen-bond donors (Lipinski definition) is 2. The Bertz CT molecular complexity index is 681. The summed E-state index contributed by atoms with van der Waals surface area (Å²) in [6.45, 7) is 0.518. The standard InChI is InChI=1S/C16H18N4O2/c1-20-14-5-3-2-4-12(14)13(10-15(20)21)16(22)17-8-6-11-7-9-18-19-11/h2-5,7,9,13H,6,8,10H2,1H3,(H,17,22)(H,18,19)/t13-/m0/s1. The summed E-state index contributed by atoms with van der Waals surface area (Å²) in [6, 6.07) is 9.43. The normalized spacial score (nSPS) is 17.2. The number of carbonyl (C=O) groups excluding carboxylic acids is 2. The van der Waals surface area contributed by atoms with Gasteiger partial charge in [0.15, 0.2) is 0 Å². The second-order valence-corrected chi connectivity index (χ2v) is 5.39. The lowest BCUT2D eigenvalue weighted by Gasteiger charge is -2.30. The fourth-order valence-electron chi connectivity index (χ4n) is 2.74. The van der Waals surface area contributed by atoms with Gasteiger partial charge in [0, 0.05) is 44.0 Å². The van der Waals surface area contributed by atoms with Gasteiger partial charge >= 0.3 is 0 Å². The number of aromatic amines is 1. The Morgan fingerprint density at radius 3 is 3.00 bits per heavy atom. The molecule has 0 spiro atoms. The Hall–Kier alpha value is -2.63. The number of H-pyrrole nitrogens is 1. The summed E-state index contributed by atoms with van der Waals surface area (Å²) in [5.74, 6) is -0.553. The van der Waals surface area contributed by atoms with Gasteiger partial charge in [-0.15, -0.1) is 0 Å². The third-order valence-electron chi connectivity index (χ3n) is 3.99. The minimum absolute atomic E-state index is 0.0348. The molecule has 1 aliphatic heterocycles. The van der Waals surface area contributed by atoms with E-state index in [4.69, 9.17) is 0 Å². The molecule has 6 nitrogen and oxygen atoms in total. The predicted molar refractivity (Wildman–Crippen MR) is 82.5 cm³/mol. The molecule has 0 fully saturated rings. The lowest BCUT2D eigenvalue weighted by atomic mass is 9.89. The van der Waals surface area contributed by atoms with Gasteiger partial charge in [-0.3, -0.25) is 14.7 Å². The second kappa shape index (κ2) is 6.01. The molecular formula is C16H18N4O2. The lowest BCUT2D eigenvalue weighted by molar-refractivity contribution is -0.127. The van der Waals surface area contributed by atoms with Crippen LogP contribution in [-0.2, 0) is 16.0 Å². The molecule has 1 atom stereocenters. The molecular weight excluding hydrogens is 280 g/mol. The summed E-state index contributed by atoms with van der Waals surface area (Å²) in [5, 5.41) is 9.64. The highest BCUT2D eigenvalue weighted by Gasteiger charge is 2.33. The molecule has 6 heteroatoms. The highest BCUT2D eigenvalue weighted by atomic mass is 16.2. The monoisotopic (exact) mass is 298 g/mol. The lowest BCUT2D eigenvalue weighted by Crippen LogP contribution is -2.39. The van der Waals surface area contributed by atoms with Crippen LogP contribution in [0.2, 0.25) is 0 Å². The zero-order valence-corrected chi connectivity index (χ0v) is 12.4. The number of carbonyl (C=O) groups is 2. The fraction of sp³-hybridized carbons (Fsp3) is 0.312. The molecule has 1 aromatic heterocycles. The number of nitrogens with zero attached hydrogens (tertiary/aromatic N) is 2. The summed E-state index contributed by atoms with van der Waals surface area (Å²) in [4.78, 5) is 26.1. The number of nitrogens with one attached hydrogen (secondary N) is 2. The van der Waals surface area contributed by atoms with Crippen LogP contribution >= 0.6 is 0 Å². The molecule has 0 unspecified atom stereocenters. The smallest absolute Gasteiger partial charge is 0.228 e. The molecule has 3 rings (SSSR count). The summed E-state index contributed by atoms with van der Waals surface area (Å²) >= 11 is 0. The van der Waals surface area contributed by atoms with Gasteiger partial charge in [0.1, 0.15) is 0 Å². The molecule has 22 heavy (non-hydrogen) atoms. The number of rotatable bonds is 4. The first-order valence-corrected chi connectivity index (χ1v) is 7.28. The number of anilines is 1. The van der Waals surface area contributed by atoms with Crippen LogP contribution in [0, 0.1) is 0 Å². The van der Waals surface area contributed by atoms with Crippen molar-refractivity contribution >= 4 is 17.5 Å². The van der Waals surface area contributed by atoms with E-state index in [0.717, 1.165) is 16.9 Å². The number of benzene rings is 1. The van der Waals surface area contributed by atoms with Crippen LogP contribution in [0.4, 0.5) is 5.69 Å². The molecule has 0 aliphatic carbocycles. The van der Waals surface area contributed by atoms with Crippen LogP contribution in [0.25, 0.3) is 0 Å². The van der Waals surface area contributed by atoms with Crippen molar-refractivity contribution in [1.82, 2.24) is 15.5 Å². The van der Waals surface area contributed by atoms with Gasteiger partial charge in [0.05, 0.1) is 5.92 Å². The van der Waals surface area contributed by atoms with Crippen molar-refractivity contribution in [3.63, 3.8) is 0 Å². The van der Waals surface area contributed by atoms with E-state index in [0.29, 0.717) is 13.0 Å². The van der Waals surface area contributed by atoms with Gasteiger partial charge in [-0.25, -0.2) is 0 Å². The predicted octanol–water partition coefficient (Wildman–Crippen LogP) is 1.22. The van der Waals surface area contributed by atoms with Crippen LogP contribution in [0.1, 0.15) is 23.6 Å². The van der Waals surface area contributed by atoms with E-state index in [1.807, 2.05) is 30.3 Å². The quantitative estimate of drug-likeness (QED) is 0.891. The minimum atomic E-state index is -0.415. The molecule has 0 radical (unpaired) electrons. The van der Waals surface area contributed by atoms with E-state index in [9.17, 15) is 9.59 Å². The van der Waals surface area contributed by atoms with Crippen LogP contribution in [0.15, 0.2) is 36.5 Å². The van der Waals surface area contributed by atoms with Crippen LogP contribution in [-0.4, -0.2) is 35.6 Å². The van der Waals surface area contributed by atoms with Gasteiger partial charge in [-0.1, -0.05) is 18.2 Å². The van der Waals surface area contributed by atoms with Crippen molar-refractivity contribution in [2.45, 2.75) is 18.8 Å². The molecule has 2 aromatic rings. The number of hydrogen-bond acceptors (Lipinski definition) is 3. The number of para-hydroxylation sites is 1. The first-order chi connectivity index (χ1) is 10.7. The largest absolute Gasteiger partial charge is 0.355 e. The Morgan fingerprint density at radius 2 is 2.23 bits per heavy atom. The highest BCUT2D eigenvalue weighted by molar-refractivity contribution is 6.02. The van der Waals surface area contributed by atoms with Crippen LogP contribution in [0.5, 0.6) is 0 Å². The van der Waals surface area contributed by atoms with Gasteiger partial charge in [-0.05, 0) is 17.7 Å². The van der Waals surface area contributed by atoms with E-state index in [-0.39, 0.29) is 18.2 Å². The number of amides is 2. The minimum Gasteiger partial charge on any atom is -0.355 e. The van der Waals surface area contributed by atoms with Gasteiger partial charge in [0.2, 0.25) is 11.8 Å². The number of fused-ring (bicyclic) bond motifs is 1. The van der Waals surface area contributed by atoms with Crippen molar-refractivity contribution in [3.05, 3.63) is 47.8 Å². The fourth-order valence-corrected chi connectivity index (χ4v) is 2.74. The maximum absolute atomic E-state index is 12.4. The van der Waals surface area contributed by atoms with Crippen molar-refractivity contribution in [2.24, 2.45) is 0 Å². The zero-order valence-electron chi connectivity index (χ0n) is 12.4. The molecule has 2 heterocycles. The summed E-state index contributed by atoms with van der Waals surface area (Å²) < 4.78 is 0. The van der Waals surface area contributed by atoms with E-state index in [1.165, 1.54) is 0 Å². The molecule has 1 aromatic carbocycles. The first kappa shape index (κ1) is 14.3. The summed E-state index contributed by atoms with van der Waals surface area (Å²) in [6.07, 6.45) is 2.58. The third kappa shape index (κ3) is 2.72. The van der Waals surface area contributed by atoms with Crippen molar-refractivity contribution in [1.29, 1.82) is 0 Å². The SMILES string of the molecule is CN1C(=O)C[C@H](C(=O)NCCc2ccn[nH]2)c2ccccc21. The molecule has 1 aliphatic rings. The maximum Gasteiger partial charge on any atom is 0.228 e. The van der Waals surface area contributed by atoms with Crippen molar-refractivity contribution in [3.8, 4) is 0 Å². The summed E-state index contributed by atoms with van der Waals surface area (Å²) in [7, 11) is 1.74. The topological polar surface area (TPSA) is 78.1 Å². The Morgan fingerprint density at radius 1 is 1.41 bits per heavy atom. The van der Waals surface area contributed by atoms with E-state index in [2.05, 4.69) is 15.5 Å². The second-order valence-electron chi connectivity index (χ2n) is 5.39. The zero-order chi connectivity index (χ0) is 15.5. The van der Waals surface area contributed by atoms with Crippen LogP contribution < -0.4 is 10.2 Å². The van der Waals surface area contributed by atoms with Crippen molar-refractivity contribution < 1.29 is 9.59 Å². The molecule has 0 bridgehead atoms. The molecule has 114 valence electrons. The average molecular weight is 298 g/mol. The van der Waals surface area contributed by atoms with E-state index in [1.54, 1.807) is 18.1 Å². The molecule has 0 saturated carbocycles. The third-order valence-corrected chi connectivity index (χ3v) is 3.99. The average Bonchev–Trinajstić information content (AvgIpc) is 3.04. The van der Waals surface area contributed by atoms with Crippen molar-refractivity contribution in [2.75, 3.05) is 18.5 Å². The maximum atomic E-state index is 12.4. The Labute approximate surface area is 128 Å². The number of aromatic nitrogens is 2. The first-order valence-electron chi connectivity index (χ1n) is 7.28. The Balaban J connectivity index is 1.69. The van der Waals surface area contributed by atoms with E-state index >= 15 is 0 Å². The highest BCUT2D eigenvalue weighted by Crippen LogP contribution is 2.34. The molecule has 2 amide bonds. The molecule has 2 N–H and O–H groups in total. The molecule has 0 saturated heterocycles. The van der Waals surface area contributed by atoms with E-state index < -0.39 is 5.92 Å². The Kier molecular flexibility index (Phi) is 3.91. The van der Waals surface area contributed by atoms with Gasteiger partial charge in [-0.2, -0.15) is 5.10 Å².